The molecule has 1 unspecified atom stereocenters. The fraction of sp³-hybridized carbons (Fsp3) is 0.400. The maximum atomic E-state index is 12.6. The fourth-order valence-corrected chi connectivity index (χ4v) is 3.00. The van der Waals surface area contributed by atoms with Crippen LogP contribution in [-0.2, 0) is 9.59 Å². The van der Waals surface area contributed by atoms with E-state index in [1.165, 1.54) is 4.90 Å². The van der Waals surface area contributed by atoms with Gasteiger partial charge in [-0.1, -0.05) is 12.1 Å². The summed E-state index contributed by atoms with van der Waals surface area (Å²) >= 11 is 4.20. The molecule has 3 rings (SSSR count). The molecule has 0 radical (unpaired) electrons. The van der Waals surface area contributed by atoms with Crippen LogP contribution in [0.2, 0.25) is 0 Å². The second-order valence-electron chi connectivity index (χ2n) is 5.39. The van der Waals surface area contributed by atoms with E-state index in [-0.39, 0.29) is 17.7 Å². The van der Waals surface area contributed by atoms with Gasteiger partial charge >= 0.3 is 5.97 Å². The van der Waals surface area contributed by atoms with Gasteiger partial charge in [0.15, 0.2) is 5.58 Å². The molecule has 1 amide bonds. The van der Waals surface area contributed by atoms with E-state index in [4.69, 9.17) is 4.42 Å². The Morgan fingerprint density at radius 1 is 1.48 bits per heavy atom. The number of rotatable bonds is 5. The van der Waals surface area contributed by atoms with Crippen molar-refractivity contribution in [3.8, 4) is 0 Å². The van der Waals surface area contributed by atoms with Gasteiger partial charge in [-0.2, -0.15) is 17.6 Å². The Kier molecular flexibility index (Phi) is 4.42. The number of nitrogens with one attached hydrogen (secondary N) is 1. The summed E-state index contributed by atoms with van der Waals surface area (Å²) in [5.74, 6) is -1.07. The number of amides is 1. The van der Waals surface area contributed by atoms with Crippen molar-refractivity contribution in [3.05, 3.63) is 24.3 Å². The molecule has 2 atom stereocenters. The molecule has 23 heavy (non-hydrogen) atoms. The van der Waals surface area contributed by atoms with Crippen LogP contribution in [0, 0.1) is 0 Å². The van der Waals surface area contributed by atoms with Gasteiger partial charge in [0.25, 0.3) is 6.01 Å². The number of nitrogens with zero attached hydrogens (tertiary/aromatic N) is 2. The van der Waals surface area contributed by atoms with Crippen molar-refractivity contribution in [3.63, 3.8) is 0 Å². The Balaban J connectivity index is 1.76. The van der Waals surface area contributed by atoms with E-state index in [0.717, 1.165) is 0 Å². The molecule has 0 saturated carbocycles. The molecule has 1 fully saturated rings. The third-order valence-electron chi connectivity index (χ3n) is 3.89. The Bertz CT molecular complexity index is 699. The number of aliphatic carboxylic acids is 1. The summed E-state index contributed by atoms with van der Waals surface area (Å²) in [5, 5.41) is 12.1. The number of likely N-dealkylation sites (tertiary alicyclic amines) is 1. The van der Waals surface area contributed by atoms with Crippen molar-refractivity contribution in [2.24, 2.45) is 0 Å². The molecule has 1 saturated heterocycles. The molecule has 1 aromatic carbocycles. The molecule has 122 valence electrons. The first-order valence-corrected chi connectivity index (χ1v) is 7.99. The number of carbonyl (C=O) groups excluding carboxylic acids is 1. The van der Waals surface area contributed by atoms with Gasteiger partial charge in [0.1, 0.15) is 17.6 Å². The van der Waals surface area contributed by atoms with Crippen molar-refractivity contribution in [2.45, 2.75) is 24.9 Å². The molecule has 1 aromatic heterocycles. The van der Waals surface area contributed by atoms with Gasteiger partial charge < -0.3 is 19.7 Å². The lowest BCUT2D eigenvalue weighted by Gasteiger charge is -2.26. The monoisotopic (exact) mass is 335 g/mol. The standard InChI is InChI=1S/C15H17N3O4S/c19-13(18-7-3-5-11(18)14(20)21)10(8-23)17-15-16-9-4-1-2-6-12(9)22-15/h1-2,4,6,10-11,23H,3,5,7-8H2,(H,16,17)(H,20,21)/t10-,11?/m0/s1. The number of carboxylic acids is 1. The fourth-order valence-electron chi connectivity index (χ4n) is 2.76. The molecule has 7 nitrogen and oxygen atoms in total. The maximum Gasteiger partial charge on any atom is 0.326 e. The van der Waals surface area contributed by atoms with Gasteiger partial charge in [-0.25, -0.2) is 4.79 Å². The highest BCUT2D eigenvalue weighted by atomic mass is 32.1. The molecule has 0 bridgehead atoms. The molecule has 8 heteroatoms. The largest absolute Gasteiger partial charge is 0.480 e. The summed E-state index contributed by atoms with van der Waals surface area (Å²) in [7, 11) is 0. The Morgan fingerprint density at radius 2 is 2.26 bits per heavy atom. The molecule has 1 aliphatic rings. The number of hydrogen-bond donors (Lipinski definition) is 3. The summed E-state index contributed by atoms with van der Waals surface area (Å²) in [6.45, 7) is 0.440. The molecule has 0 spiro atoms. The summed E-state index contributed by atoms with van der Waals surface area (Å²) < 4.78 is 5.54. The first-order chi connectivity index (χ1) is 11.1. The highest BCUT2D eigenvalue weighted by molar-refractivity contribution is 7.80. The number of aromatic nitrogens is 1. The topological polar surface area (TPSA) is 95.7 Å². The van der Waals surface area contributed by atoms with Gasteiger partial charge in [-0.3, -0.25) is 4.79 Å². The van der Waals surface area contributed by atoms with Crippen LogP contribution in [0.1, 0.15) is 12.8 Å². The van der Waals surface area contributed by atoms with Crippen molar-refractivity contribution in [1.82, 2.24) is 9.88 Å². The number of hydrogen-bond acceptors (Lipinski definition) is 6. The second kappa shape index (κ2) is 6.49. The molecular weight excluding hydrogens is 318 g/mol. The third kappa shape index (κ3) is 3.12. The van der Waals surface area contributed by atoms with Crippen LogP contribution >= 0.6 is 12.6 Å². The van der Waals surface area contributed by atoms with Crippen LogP contribution in [-0.4, -0.2) is 51.2 Å². The molecule has 2 heterocycles. The normalized spacial score (nSPS) is 19.0. The number of thiol groups is 1. The predicted octanol–water partition coefficient (Wildman–Crippen LogP) is 1.61. The number of para-hydroxylation sites is 2. The van der Waals surface area contributed by atoms with Crippen molar-refractivity contribution in [1.29, 1.82) is 0 Å². The minimum absolute atomic E-state index is 0.209. The molecule has 0 aliphatic carbocycles. The lowest BCUT2D eigenvalue weighted by Crippen LogP contribution is -2.48. The molecule has 2 N–H and O–H groups in total. The SMILES string of the molecule is O=C(O)C1CCCN1C(=O)[C@H](CS)Nc1nc2ccccc2o1. The van der Waals surface area contributed by atoms with Gasteiger partial charge in [-0.15, -0.1) is 0 Å². The van der Waals surface area contributed by atoms with E-state index >= 15 is 0 Å². The van der Waals surface area contributed by atoms with E-state index < -0.39 is 18.1 Å². The zero-order chi connectivity index (χ0) is 16.4. The number of benzene rings is 1. The van der Waals surface area contributed by atoms with Crippen molar-refractivity contribution in [2.75, 3.05) is 17.6 Å². The third-order valence-corrected chi connectivity index (χ3v) is 4.26. The Morgan fingerprint density at radius 3 is 2.96 bits per heavy atom. The summed E-state index contributed by atoms with van der Waals surface area (Å²) in [4.78, 5) is 29.5. The highest BCUT2D eigenvalue weighted by Crippen LogP contribution is 2.22. The first kappa shape index (κ1) is 15.7. The van der Waals surface area contributed by atoms with E-state index in [2.05, 4.69) is 22.9 Å². The second-order valence-corrected chi connectivity index (χ2v) is 5.76. The van der Waals surface area contributed by atoms with Crippen LogP contribution in [0.3, 0.4) is 0 Å². The van der Waals surface area contributed by atoms with Crippen LogP contribution in [0.25, 0.3) is 11.1 Å². The minimum Gasteiger partial charge on any atom is -0.480 e. The van der Waals surface area contributed by atoms with E-state index in [1.807, 2.05) is 18.2 Å². The average molecular weight is 335 g/mol. The van der Waals surface area contributed by atoms with Crippen molar-refractivity contribution < 1.29 is 19.1 Å². The highest BCUT2D eigenvalue weighted by Gasteiger charge is 2.37. The number of fused-ring (bicyclic) bond motifs is 1. The number of carboxylic acid groups (broad SMARTS) is 1. The zero-order valence-electron chi connectivity index (χ0n) is 12.3. The quantitative estimate of drug-likeness (QED) is 0.719. The molecule has 1 aliphatic heterocycles. The van der Waals surface area contributed by atoms with Gasteiger partial charge in [0.05, 0.1) is 0 Å². The van der Waals surface area contributed by atoms with Gasteiger partial charge in [0.2, 0.25) is 5.91 Å². The summed E-state index contributed by atoms with van der Waals surface area (Å²) in [6, 6.07) is 6.04. The zero-order valence-corrected chi connectivity index (χ0v) is 13.2. The summed E-state index contributed by atoms with van der Waals surface area (Å²) in [5.41, 5.74) is 1.30. The number of oxazole rings is 1. The van der Waals surface area contributed by atoms with E-state index in [0.29, 0.717) is 30.5 Å². The van der Waals surface area contributed by atoms with Crippen LogP contribution in [0.5, 0.6) is 0 Å². The molecule has 2 aromatic rings. The van der Waals surface area contributed by atoms with Crippen molar-refractivity contribution >= 4 is 41.6 Å². The maximum absolute atomic E-state index is 12.6. The predicted molar refractivity (Wildman–Crippen MR) is 87.6 cm³/mol. The first-order valence-electron chi connectivity index (χ1n) is 7.36. The number of anilines is 1. The van der Waals surface area contributed by atoms with E-state index in [9.17, 15) is 14.7 Å². The molecular formula is C15H17N3O4S. The van der Waals surface area contributed by atoms with Crippen LogP contribution in [0.15, 0.2) is 28.7 Å². The van der Waals surface area contributed by atoms with E-state index in [1.54, 1.807) is 6.07 Å². The Hall–Kier alpha value is -2.22. The minimum atomic E-state index is -0.976. The smallest absolute Gasteiger partial charge is 0.326 e. The average Bonchev–Trinajstić information content (AvgIpc) is 3.17. The van der Waals surface area contributed by atoms with Crippen LogP contribution in [0.4, 0.5) is 6.01 Å². The summed E-state index contributed by atoms with van der Waals surface area (Å²) in [6.07, 6.45) is 1.16. The lowest BCUT2D eigenvalue weighted by molar-refractivity contribution is -0.148. The van der Waals surface area contributed by atoms with Gasteiger partial charge in [0, 0.05) is 12.3 Å². The lowest BCUT2D eigenvalue weighted by atomic mass is 10.2. The van der Waals surface area contributed by atoms with Gasteiger partial charge in [-0.05, 0) is 25.0 Å². The van der Waals surface area contributed by atoms with Crippen LogP contribution < -0.4 is 5.32 Å². The number of carbonyl (C=O) groups is 2. The Labute approximate surface area is 138 Å².